The average molecular weight is 248 g/mol. The van der Waals surface area contributed by atoms with E-state index in [1.165, 1.54) is 0 Å². The third-order valence-corrected chi connectivity index (χ3v) is 1.85. The summed E-state index contributed by atoms with van der Waals surface area (Å²) in [6.45, 7) is -0.146. The van der Waals surface area contributed by atoms with Crippen molar-refractivity contribution in [2.75, 3.05) is 6.54 Å². The fourth-order valence-corrected chi connectivity index (χ4v) is 1.04. The third kappa shape index (κ3) is 2.69. The van der Waals surface area contributed by atoms with Gasteiger partial charge in [0.15, 0.2) is 17.5 Å². The molecule has 0 aliphatic heterocycles. The Morgan fingerprint density at radius 1 is 1.31 bits per heavy atom. The molecule has 0 bridgehead atoms. The van der Waals surface area contributed by atoms with Crippen molar-refractivity contribution in [1.82, 2.24) is 5.32 Å². The first-order chi connectivity index (χ1) is 7.43. The fraction of sp³-hybridized carbons (Fsp3) is 0.111. The van der Waals surface area contributed by atoms with Gasteiger partial charge in [0.1, 0.15) is 0 Å². The van der Waals surface area contributed by atoms with Crippen LogP contribution in [0.4, 0.5) is 13.2 Å². The van der Waals surface area contributed by atoms with Gasteiger partial charge in [-0.05, 0) is 12.1 Å². The topological polar surface area (TPSA) is 55.1 Å². The summed E-state index contributed by atoms with van der Waals surface area (Å²) in [5.74, 6) is -5.50. The van der Waals surface area contributed by atoms with Gasteiger partial charge in [-0.25, -0.2) is 13.2 Å². The summed E-state index contributed by atoms with van der Waals surface area (Å²) < 4.78 is 38.4. The molecule has 0 aromatic heterocycles. The molecule has 0 aliphatic rings. The molecule has 0 aliphatic carbocycles. The van der Waals surface area contributed by atoms with Gasteiger partial charge >= 0.3 is 0 Å². The zero-order valence-electron chi connectivity index (χ0n) is 7.89. The Hall–Kier alpha value is -1.63. The van der Waals surface area contributed by atoms with Crippen LogP contribution in [-0.2, 0) is 0 Å². The minimum absolute atomic E-state index is 0.00339. The summed E-state index contributed by atoms with van der Waals surface area (Å²) in [7, 11) is 0. The first kappa shape index (κ1) is 12.4. The Kier molecular flexibility index (Phi) is 3.83. The van der Waals surface area contributed by atoms with Crippen molar-refractivity contribution >= 4 is 23.1 Å². The van der Waals surface area contributed by atoms with Gasteiger partial charge in [-0.1, -0.05) is 12.2 Å². The van der Waals surface area contributed by atoms with Crippen molar-refractivity contribution in [1.29, 1.82) is 0 Å². The maximum atomic E-state index is 13.1. The van der Waals surface area contributed by atoms with Crippen LogP contribution in [-0.4, -0.2) is 17.4 Å². The summed E-state index contributed by atoms with van der Waals surface area (Å²) >= 11 is 4.48. The number of nitrogens with one attached hydrogen (secondary N) is 1. The van der Waals surface area contributed by atoms with E-state index in [9.17, 15) is 18.0 Å². The molecule has 3 N–H and O–H groups in total. The van der Waals surface area contributed by atoms with Crippen LogP contribution >= 0.6 is 12.2 Å². The second kappa shape index (κ2) is 4.93. The molecular formula is C9H7F3N2OS. The molecule has 0 unspecified atom stereocenters. The highest BCUT2D eigenvalue weighted by Crippen LogP contribution is 2.14. The highest BCUT2D eigenvalue weighted by molar-refractivity contribution is 7.80. The van der Waals surface area contributed by atoms with E-state index >= 15 is 0 Å². The van der Waals surface area contributed by atoms with Gasteiger partial charge in [-0.3, -0.25) is 4.79 Å². The largest absolute Gasteiger partial charge is 0.392 e. The molecule has 1 aromatic rings. The molecule has 1 rings (SSSR count). The van der Waals surface area contributed by atoms with Gasteiger partial charge < -0.3 is 11.1 Å². The van der Waals surface area contributed by atoms with Crippen molar-refractivity contribution in [3.05, 3.63) is 35.1 Å². The lowest BCUT2D eigenvalue weighted by molar-refractivity contribution is 0.0954. The molecule has 1 amide bonds. The summed E-state index contributed by atoms with van der Waals surface area (Å²) in [4.78, 5) is 11.3. The molecule has 7 heteroatoms. The molecule has 0 fully saturated rings. The Morgan fingerprint density at radius 2 is 1.94 bits per heavy atom. The van der Waals surface area contributed by atoms with Gasteiger partial charge in [-0.2, -0.15) is 0 Å². The summed E-state index contributed by atoms with van der Waals surface area (Å²) in [6, 6.07) is 1.50. The van der Waals surface area contributed by atoms with Crippen LogP contribution in [0.15, 0.2) is 12.1 Å². The van der Waals surface area contributed by atoms with Crippen molar-refractivity contribution in [2.24, 2.45) is 5.73 Å². The predicted octanol–water partition coefficient (Wildman–Crippen LogP) is 1.12. The number of carbonyl (C=O) groups excluding carboxylic acids is 1. The number of benzene rings is 1. The average Bonchev–Trinajstić information content (AvgIpc) is 2.23. The van der Waals surface area contributed by atoms with E-state index in [0.717, 1.165) is 6.07 Å². The maximum Gasteiger partial charge on any atom is 0.254 e. The highest BCUT2D eigenvalue weighted by Gasteiger charge is 2.18. The van der Waals surface area contributed by atoms with E-state index in [1.807, 2.05) is 0 Å². The van der Waals surface area contributed by atoms with Crippen molar-refractivity contribution in [3.8, 4) is 0 Å². The quantitative estimate of drug-likeness (QED) is 0.622. The lowest BCUT2D eigenvalue weighted by atomic mass is 10.2. The van der Waals surface area contributed by atoms with E-state index in [2.05, 4.69) is 17.5 Å². The number of thiocarbonyl (C=S) groups is 1. The highest BCUT2D eigenvalue weighted by atomic mass is 32.1. The summed E-state index contributed by atoms with van der Waals surface area (Å²) in [6.07, 6.45) is 0. The number of amides is 1. The van der Waals surface area contributed by atoms with E-state index < -0.39 is 28.9 Å². The number of halogens is 3. The number of hydrogen-bond donors (Lipinski definition) is 2. The van der Waals surface area contributed by atoms with E-state index in [4.69, 9.17) is 5.73 Å². The standard InChI is InChI=1S/C9H7F3N2OS/c10-5-2-1-4(7(11)8(5)12)9(15)14-3-6(13)16/h1-2H,3H2,(H2,13,16)(H,14,15). The minimum Gasteiger partial charge on any atom is -0.392 e. The van der Waals surface area contributed by atoms with E-state index in [-0.39, 0.29) is 11.5 Å². The fourth-order valence-electron chi connectivity index (χ4n) is 0.964. The lowest BCUT2D eigenvalue weighted by Gasteiger charge is -2.05. The van der Waals surface area contributed by atoms with Gasteiger partial charge in [0.25, 0.3) is 5.91 Å². The number of rotatable bonds is 3. The van der Waals surface area contributed by atoms with Crippen LogP contribution in [0.2, 0.25) is 0 Å². The van der Waals surface area contributed by atoms with Crippen LogP contribution < -0.4 is 11.1 Å². The Morgan fingerprint density at radius 3 is 2.50 bits per heavy atom. The number of nitrogens with two attached hydrogens (primary N) is 1. The third-order valence-electron chi connectivity index (χ3n) is 1.70. The van der Waals surface area contributed by atoms with E-state index in [1.54, 1.807) is 0 Å². The number of hydrogen-bond acceptors (Lipinski definition) is 2. The van der Waals surface area contributed by atoms with Crippen molar-refractivity contribution in [2.45, 2.75) is 0 Å². The molecule has 3 nitrogen and oxygen atoms in total. The zero-order valence-corrected chi connectivity index (χ0v) is 8.71. The molecule has 86 valence electrons. The second-order valence-electron chi connectivity index (χ2n) is 2.87. The molecular weight excluding hydrogens is 241 g/mol. The van der Waals surface area contributed by atoms with Crippen LogP contribution in [0.5, 0.6) is 0 Å². The maximum absolute atomic E-state index is 13.1. The Balaban J connectivity index is 2.92. The van der Waals surface area contributed by atoms with Crippen LogP contribution in [0.3, 0.4) is 0 Å². The van der Waals surface area contributed by atoms with Crippen molar-refractivity contribution < 1.29 is 18.0 Å². The molecule has 0 heterocycles. The second-order valence-corrected chi connectivity index (χ2v) is 3.40. The normalized spacial score (nSPS) is 9.94. The lowest BCUT2D eigenvalue weighted by Crippen LogP contribution is -2.32. The Labute approximate surface area is 94.4 Å². The first-order valence-corrected chi connectivity index (χ1v) is 4.54. The number of carbonyl (C=O) groups is 1. The molecule has 16 heavy (non-hydrogen) atoms. The minimum atomic E-state index is -1.69. The van der Waals surface area contributed by atoms with Gasteiger partial charge in [0.2, 0.25) is 0 Å². The molecule has 0 saturated carbocycles. The van der Waals surface area contributed by atoms with Crippen LogP contribution in [0.25, 0.3) is 0 Å². The van der Waals surface area contributed by atoms with Crippen molar-refractivity contribution in [3.63, 3.8) is 0 Å². The predicted molar refractivity (Wildman–Crippen MR) is 55.4 cm³/mol. The smallest absolute Gasteiger partial charge is 0.254 e. The Bertz CT molecular complexity index is 451. The van der Waals surface area contributed by atoms with Gasteiger partial charge in [-0.15, -0.1) is 0 Å². The monoisotopic (exact) mass is 248 g/mol. The van der Waals surface area contributed by atoms with Crippen LogP contribution in [0, 0.1) is 17.5 Å². The van der Waals surface area contributed by atoms with Gasteiger partial charge in [0, 0.05) is 0 Å². The summed E-state index contributed by atoms with van der Waals surface area (Å²) in [5.41, 5.74) is 4.50. The molecule has 0 atom stereocenters. The molecule has 0 saturated heterocycles. The molecule has 1 aromatic carbocycles. The molecule has 0 radical (unpaired) electrons. The summed E-state index contributed by atoms with van der Waals surface area (Å²) in [5, 5.41) is 2.15. The van der Waals surface area contributed by atoms with Gasteiger partial charge in [0.05, 0.1) is 17.1 Å². The SMILES string of the molecule is NC(=S)CNC(=O)c1ccc(F)c(F)c1F. The zero-order chi connectivity index (χ0) is 12.3. The molecule has 0 spiro atoms. The first-order valence-electron chi connectivity index (χ1n) is 4.13. The van der Waals surface area contributed by atoms with Crippen LogP contribution in [0.1, 0.15) is 10.4 Å². The van der Waals surface area contributed by atoms with E-state index in [0.29, 0.717) is 6.07 Å².